The minimum absolute atomic E-state index is 0. The number of benzene rings is 2. The van der Waals surface area contributed by atoms with E-state index < -0.39 is 0 Å². The fourth-order valence-corrected chi connectivity index (χ4v) is 2.33. The SMILES string of the molecule is CCOc1ccc(CN=C(N)Nc2cc(C)cc(C)c2)cc1F.I. The van der Waals surface area contributed by atoms with Gasteiger partial charge in [0, 0.05) is 5.69 Å². The minimum atomic E-state index is -0.389. The van der Waals surface area contributed by atoms with Gasteiger partial charge in [-0.2, -0.15) is 0 Å². The molecule has 0 aliphatic heterocycles. The van der Waals surface area contributed by atoms with Crippen LogP contribution < -0.4 is 15.8 Å². The zero-order valence-corrected chi connectivity index (χ0v) is 16.4. The Balaban J connectivity index is 0.00000288. The van der Waals surface area contributed by atoms with E-state index in [0.717, 1.165) is 22.4 Å². The van der Waals surface area contributed by atoms with Crippen LogP contribution in [0.5, 0.6) is 5.75 Å². The van der Waals surface area contributed by atoms with Crippen molar-refractivity contribution >= 4 is 35.6 Å². The summed E-state index contributed by atoms with van der Waals surface area (Å²) < 4.78 is 18.9. The summed E-state index contributed by atoms with van der Waals surface area (Å²) in [4.78, 5) is 4.24. The molecule has 0 atom stereocenters. The van der Waals surface area contributed by atoms with Crippen molar-refractivity contribution in [2.45, 2.75) is 27.3 Å². The highest BCUT2D eigenvalue weighted by molar-refractivity contribution is 14.0. The molecule has 24 heavy (non-hydrogen) atoms. The van der Waals surface area contributed by atoms with E-state index in [1.165, 1.54) is 6.07 Å². The molecule has 0 saturated heterocycles. The first-order chi connectivity index (χ1) is 11.0. The number of nitrogens with one attached hydrogen (secondary N) is 1. The van der Waals surface area contributed by atoms with Crippen LogP contribution in [0.15, 0.2) is 41.4 Å². The van der Waals surface area contributed by atoms with E-state index in [2.05, 4.69) is 16.4 Å². The van der Waals surface area contributed by atoms with Crippen molar-refractivity contribution in [1.29, 1.82) is 0 Å². The van der Waals surface area contributed by atoms with Crippen LogP contribution in [0.1, 0.15) is 23.6 Å². The van der Waals surface area contributed by atoms with Gasteiger partial charge in [-0.1, -0.05) is 12.1 Å². The van der Waals surface area contributed by atoms with Crippen LogP contribution in [0.25, 0.3) is 0 Å². The zero-order chi connectivity index (χ0) is 16.8. The van der Waals surface area contributed by atoms with Gasteiger partial charge < -0.3 is 15.8 Å². The quantitative estimate of drug-likeness (QED) is 0.410. The maximum atomic E-state index is 13.8. The summed E-state index contributed by atoms with van der Waals surface area (Å²) in [6, 6.07) is 10.9. The molecule has 2 rings (SSSR count). The molecule has 3 N–H and O–H groups in total. The summed E-state index contributed by atoms with van der Waals surface area (Å²) in [5.41, 5.74) is 9.81. The molecule has 0 radical (unpaired) electrons. The molecular formula is C18H23FIN3O. The highest BCUT2D eigenvalue weighted by Gasteiger charge is 2.04. The first-order valence-corrected chi connectivity index (χ1v) is 7.54. The summed E-state index contributed by atoms with van der Waals surface area (Å²) in [5, 5.41) is 3.05. The fraction of sp³-hybridized carbons (Fsp3) is 0.278. The van der Waals surface area contributed by atoms with Crippen molar-refractivity contribution < 1.29 is 9.13 Å². The number of hydrogen-bond acceptors (Lipinski definition) is 2. The third-order valence-corrected chi connectivity index (χ3v) is 3.22. The van der Waals surface area contributed by atoms with Crippen molar-refractivity contribution in [3.05, 3.63) is 58.9 Å². The van der Waals surface area contributed by atoms with Crippen LogP contribution in [0.4, 0.5) is 10.1 Å². The number of nitrogens with zero attached hydrogens (tertiary/aromatic N) is 1. The highest BCUT2D eigenvalue weighted by atomic mass is 127. The summed E-state index contributed by atoms with van der Waals surface area (Å²) >= 11 is 0. The van der Waals surface area contributed by atoms with Crippen LogP contribution in [-0.2, 0) is 6.54 Å². The van der Waals surface area contributed by atoms with Gasteiger partial charge in [-0.3, -0.25) is 0 Å². The molecule has 0 aromatic heterocycles. The monoisotopic (exact) mass is 443 g/mol. The third kappa shape index (κ3) is 5.99. The lowest BCUT2D eigenvalue weighted by Crippen LogP contribution is -2.22. The average molecular weight is 443 g/mol. The number of aryl methyl sites for hydroxylation is 2. The number of guanidine groups is 1. The fourth-order valence-electron chi connectivity index (χ4n) is 2.33. The molecule has 2 aromatic carbocycles. The Hall–Kier alpha value is -1.83. The van der Waals surface area contributed by atoms with Gasteiger partial charge in [-0.05, 0) is 61.7 Å². The molecule has 0 amide bonds. The molecule has 0 heterocycles. The summed E-state index contributed by atoms with van der Waals surface area (Å²) in [5.74, 6) is 0.159. The van der Waals surface area contributed by atoms with Gasteiger partial charge in [0.05, 0.1) is 13.2 Å². The number of rotatable bonds is 5. The Morgan fingerprint density at radius 3 is 2.42 bits per heavy atom. The van der Waals surface area contributed by atoms with Crippen LogP contribution >= 0.6 is 24.0 Å². The number of ether oxygens (including phenoxy) is 1. The predicted molar refractivity (Wildman–Crippen MR) is 108 cm³/mol. The number of nitrogens with two attached hydrogens (primary N) is 1. The topological polar surface area (TPSA) is 59.6 Å². The molecule has 0 fully saturated rings. The second kappa shape index (κ2) is 9.46. The second-order valence-electron chi connectivity index (χ2n) is 5.40. The third-order valence-electron chi connectivity index (χ3n) is 3.22. The standard InChI is InChI=1S/C18H22FN3O.HI/c1-4-23-17-6-5-14(10-16(17)19)11-21-18(20)22-15-8-12(2)7-13(3)9-15;/h5-10H,4,11H2,1-3H3,(H3,20,21,22);1H. The summed E-state index contributed by atoms with van der Waals surface area (Å²) in [6.07, 6.45) is 0. The Kier molecular flexibility index (Phi) is 7.97. The average Bonchev–Trinajstić information content (AvgIpc) is 2.47. The lowest BCUT2D eigenvalue weighted by Gasteiger charge is -2.08. The van der Waals surface area contributed by atoms with E-state index in [0.29, 0.717) is 19.1 Å². The van der Waals surface area contributed by atoms with Crippen LogP contribution in [-0.4, -0.2) is 12.6 Å². The molecular weight excluding hydrogens is 420 g/mol. The highest BCUT2D eigenvalue weighted by Crippen LogP contribution is 2.19. The van der Waals surface area contributed by atoms with Crippen molar-refractivity contribution in [2.24, 2.45) is 10.7 Å². The van der Waals surface area contributed by atoms with Crippen LogP contribution in [0.3, 0.4) is 0 Å². The molecule has 6 heteroatoms. The predicted octanol–water partition coefficient (Wildman–Crippen LogP) is 4.39. The molecule has 0 unspecified atom stereocenters. The second-order valence-corrected chi connectivity index (χ2v) is 5.40. The van der Waals surface area contributed by atoms with Gasteiger partial charge in [0.2, 0.25) is 0 Å². The molecule has 0 aliphatic carbocycles. The molecule has 0 saturated carbocycles. The molecule has 0 aliphatic rings. The van der Waals surface area contributed by atoms with E-state index in [4.69, 9.17) is 10.5 Å². The molecule has 4 nitrogen and oxygen atoms in total. The van der Waals surface area contributed by atoms with Crippen molar-refractivity contribution in [3.8, 4) is 5.75 Å². The molecule has 0 spiro atoms. The van der Waals surface area contributed by atoms with E-state index >= 15 is 0 Å². The Bertz CT molecular complexity index is 699. The van der Waals surface area contributed by atoms with Crippen LogP contribution in [0.2, 0.25) is 0 Å². The smallest absolute Gasteiger partial charge is 0.193 e. The molecule has 2 aromatic rings. The number of halogens is 2. The van der Waals surface area contributed by atoms with Gasteiger partial charge >= 0.3 is 0 Å². The van der Waals surface area contributed by atoms with Gasteiger partial charge in [0.25, 0.3) is 0 Å². The largest absolute Gasteiger partial charge is 0.491 e. The first-order valence-electron chi connectivity index (χ1n) is 7.54. The Morgan fingerprint density at radius 2 is 1.83 bits per heavy atom. The van der Waals surface area contributed by atoms with E-state index in [-0.39, 0.29) is 35.5 Å². The summed E-state index contributed by atoms with van der Waals surface area (Å²) in [7, 11) is 0. The molecule has 130 valence electrons. The zero-order valence-electron chi connectivity index (χ0n) is 14.1. The number of anilines is 1. The van der Waals surface area contributed by atoms with Crippen molar-refractivity contribution in [2.75, 3.05) is 11.9 Å². The number of aliphatic imine (C=N–C) groups is 1. The van der Waals surface area contributed by atoms with Gasteiger partial charge in [0.1, 0.15) is 0 Å². The van der Waals surface area contributed by atoms with Gasteiger partial charge in [-0.15, -0.1) is 24.0 Å². The maximum Gasteiger partial charge on any atom is 0.193 e. The van der Waals surface area contributed by atoms with E-state index in [9.17, 15) is 4.39 Å². The van der Waals surface area contributed by atoms with Crippen molar-refractivity contribution in [1.82, 2.24) is 0 Å². The molecule has 0 bridgehead atoms. The van der Waals surface area contributed by atoms with Crippen molar-refractivity contribution in [3.63, 3.8) is 0 Å². The lowest BCUT2D eigenvalue weighted by molar-refractivity contribution is 0.321. The normalized spacial score (nSPS) is 10.9. The van der Waals surface area contributed by atoms with Gasteiger partial charge in [-0.25, -0.2) is 9.38 Å². The van der Waals surface area contributed by atoms with Crippen LogP contribution in [0, 0.1) is 19.7 Å². The van der Waals surface area contributed by atoms with E-state index in [1.54, 1.807) is 12.1 Å². The maximum absolute atomic E-state index is 13.8. The first kappa shape index (κ1) is 20.2. The summed E-state index contributed by atoms with van der Waals surface area (Å²) in [6.45, 7) is 6.59. The Labute approximate surface area is 159 Å². The van der Waals surface area contributed by atoms with E-state index in [1.807, 2.05) is 32.9 Å². The lowest BCUT2D eigenvalue weighted by atomic mass is 10.1. The van der Waals surface area contributed by atoms with Gasteiger partial charge in [0.15, 0.2) is 17.5 Å². The number of hydrogen-bond donors (Lipinski definition) is 2. The Morgan fingerprint density at radius 1 is 1.17 bits per heavy atom. The minimum Gasteiger partial charge on any atom is -0.491 e.